The van der Waals surface area contributed by atoms with Crippen molar-refractivity contribution >= 4 is 28.8 Å². The topological polar surface area (TPSA) is 75.2 Å². The second kappa shape index (κ2) is 8.13. The number of carbonyl (C=O) groups excluding carboxylic acids is 2. The Labute approximate surface area is 173 Å². The number of rotatable bonds is 5. The molecule has 0 saturated carbocycles. The first kappa shape index (κ1) is 19.3. The van der Waals surface area contributed by atoms with E-state index in [1.807, 2.05) is 49.6 Å². The van der Waals surface area contributed by atoms with E-state index in [0.29, 0.717) is 6.54 Å². The van der Waals surface area contributed by atoms with Crippen LogP contribution in [0.4, 0.5) is 5.69 Å². The monoisotopic (exact) mass is 406 g/mol. The second-order valence-electron chi connectivity index (χ2n) is 7.22. The van der Waals surface area contributed by atoms with Gasteiger partial charge in [0, 0.05) is 31.0 Å². The Bertz CT molecular complexity index is 1050. The van der Waals surface area contributed by atoms with Gasteiger partial charge in [0.1, 0.15) is 5.69 Å². The third-order valence-electron chi connectivity index (χ3n) is 5.26. The minimum absolute atomic E-state index is 0.0211. The van der Waals surface area contributed by atoms with Crippen molar-refractivity contribution in [2.45, 2.75) is 26.8 Å². The SMILES string of the molecule is Cc1ccc(N2C[C@@H](C(=O)NCc3nccnc3-c3cccs3)CC2=O)cc1C. The number of thiophene rings is 1. The Hall–Kier alpha value is -3.06. The van der Waals surface area contributed by atoms with Crippen LogP contribution in [-0.2, 0) is 16.1 Å². The van der Waals surface area contributed by atoms with Crippen molar-refractivity contribution < 1.29 is 9.59 Å². The summed E-state index contributed by atoms with van der Waals surface area (Å²) in [6.45, 7) is 4.74. The normalized spacial score (nSPS) is 16.3. The van der Waals surface area contributed by atoms with Crippen molar-refractivity contribution in [2.24, 2.45) is 5.92 Å². The molecule has 1 atom stereocenters. The Morgan fingerprint density at radius 2 is 2.03 bits per heavy atom. The number of nitrogens with zero attached hydrogens (tertiary/aromatic N) is 3. The molecular formula is C22H22N4O2S. The molecule has 4 rings (SSSR count). The van der Waals surface area contributed by atoms with Gasteiger partial charge in [-0.1, -0.05) is 12.1 Å². The summed E-state index contributed by atoms with van der Waals surface area (Å²) >= 11 is 1.58. The van der Waals surface area contributed by atoms with E-state index in [-0.39, 0.29) is 30.7 Å². The highest BCUT2D eigenvalue weighted by molar-refractivity contribution is 7.13. The standard InChI is InChI=1S/C22H22N4O2S/c1-14-5-6-17(10-15(14)2)26-13-16(11-20(26)27)22(28)25-12-18-21(24-8-7-23-18)19-4-3-9-29-19/h3-10,16H,11-13H2,1-2H3,(H,25,28)/t16-/m0/s1. The van der Waals surface area contributed by atoms with Crippen LogP contribution in [0.1, 0.15) is 23.2 Å². The molecule has 2 amide bonds. The van der Waals surface area contributed by atoms with E-state index >= 15 is 0 Å². The lowest BCUT2D eigenvalue weighted by Crippen LogP contribution is -2.33. The van der Waals surface area contributed by atoms with Gasteiger partial charge in [-0.05, 0) is 48.6 Å². The Morgan fingerprint density at radius 3 is 2.79 bits per heavy atom. The smallest absolute Gasteiger partial charge is 0.227 e. The van der Waals surface area contributed by atoms with E-state index in [1.165, 1.54) is 5.56 Å². The molecule has 1 fully saturated rings. The number of hydrogen-bond donors (Lipinski definition) is 1. The number of carbonyl (C=O) groups is 2. The highest BCUT2D eigenvalue weighted by atomic mass is 32.1. The van der Waals surface area contributed by atoms with Crippen molar-refractivity contribution in [3.05, 3.63) is 64.9 Å². The first-order valence-electron chi connectivity index (χ1n) is 9.52. The molecule has 3 aromatic rings. The molecule has 1 saturated heterocycles. The van der Waals surface area contributed by atoms with E-state index in [1.54, 1.807) is 28.6 Å². The number of aryl methyl sites for hydroxylation is 2. The molecule has 148 valence electrons. The van der Waals surface area contributed by atoms with Gasteiger partial charge in [-0.3, -0.25) is 19.6 Å². The summed E-state index contributed by atoms with van der Waals surface area (Å²) in [5, 5.41) is 4.92. The van der Waals surface area contributed by atoms with Gasteiger partial charge in [0.05, 0.1) is 23.0 Å². The first-order valence-corrected chi connectivity index (χ1v) is 10.4. The van der Waals surface area contributed by atoms with Crippen LogP contribution in [0, 0.1) is 19.8 Å². The summed E-state index contributed by atoms with van der Waals surface area (Å²) < 4.78 is 0. The Balaban J connectivity index is 1.43. The van der Waals surface area contributed by atoms with Gasteiger partial charge in [-0.2, -0.15) is 0 Å². The molecule has 2 aromatic heterocycles. The van der Waals surface area contributed by atoms with Gasteiger partial charge in [0.15, 0.2) is 0 Å². The maximum absolute atomic E-state index is 12.7. The van der Waals surface area contributed by atoms with E-state index in [2.05, 4.69) is 15.3 Å². The van der Waals surface area contributed by atoms with Crippen molar-refractivity contribution in [1.29, 1.82) is 0 Å². The predicted octanol–water partition coefficient (Wildman–Crippen LogP) is 3.49. The van der Waals surface area contributed by atoms with Gasteiger partial charge in [0.2, 0.25) is 11.8 Å². The average molecular weight is 407 g/mol. The first-order chi connectivity index (χ1) is 14.0. The van der Waals surface area contributed by atoms with Crippen LogP contribution >= 0.6 is 11.3 Å². The van der Waals surface area contributed by atoms with Crippen LogP contribution < -0.4 is 10.2 Å². The number of benzene rings is 1. The third-order valence-corrected chi connectivity index (χ3v) is 6.13. The van der Waals surface area contributed by atoms with Crippen molar-refractivity contribution in [3.63, 3.8) is 0 Å². The zero-order valence-electron chi connectivity index (χ0n) is 16.4. The van der Waals surface area contributed by atoms with Crippen molar-refractivity contribution in [1.82, 2.24) is 15.3 Å². The quantitative estimate of drug-likeness (QED) is 0.704. The summed E-state index contributed by atoms with van der Waals surface area (Å²) in [4.78, 5) is 36.7. The minimum Gasteiger partial charge on any atom is -0.350 e. The predicted molar refractivity (Wildman–Crippen MR) is 114 cm³/mol. The maximum atomic E-state index is 12.7. The van der Waals surface area contributed by atoms with Crippen LogP contribution in [0.15, 0.2) is 48.1 Å². The van der Waals surface area contributed by atoms with E-state index in [0.717, 1.165) is 27.5 Å². The van der Waals surface area contributed by atoms with E-state index in [4.69, 9.17) is 0 Å². The molecule has 1 aliphatic rings. The maximum Gasteiger partial charge on any atom is 0.227 e. The highest BCUT2D eigenvalue weighted by Crippen LogP contribution is 2.28. The zero-order chi connectivity index (χ0) is 20.4. The largest absolute Gasteiger partial charge is 0.350 e. The number of anilines is 1. The highest BCUT2D eigenvalue weighted by Gasteiger charge is 2.35. The molecule has 7 heteroatoms. The molecule has 0 radical (unpaired) electrons. The lowest BCUT2D eigenvalue weighted by Gasteiger charge is -2.18. The van der Waals surface area contributed by atoms with Gasteiger partial charge >= 0.3 is 0 Å². The fourth-order valence-electron chi connectivity index (χ4n) is 3.46. The van der Waals surface area contributed by atoms with Crippen molar-refractivity contribution in [3.8, 4) is 10.6 Å². The number of amides is 2. The van der Waals surface area contributed by atoms with Gasteiger partial charge < -0.3 is 10.2 Å². The van der Waals surface area contributed by atoms with Crippen LogP contribution in [-0.4, -0.2) is 28.3 Å². The summed E-state index contributed by atoms with van der Waals surface area (Å²) in [7, 11) is 0. The van der Waals surface area contributed by atoms with Crippen molar-refractivity contribution in [2.75, 3.05) is 11.4 Å². The summed E-state index contributed by atoms with van der Waals surface area (Å²) in [5.41, 5.74) is 4.66. The number of hydrogen-bond acceptors (Lipinski definition) is 5. The fourth-order valence-corrected chi connectivity index (χ4v) is 4.20. The molecule has 29 heavy (non-hydrogen) atoms. The Morgan fingerprint density at radius 1 is 1.21 bits per heavy atom. The van der Waals surface area contributed by atoms with E-state index in [9.17, 15) is 9.59 Å². The third kappa shape index (κ3) is 4.05. The van der Waals surface area contributed by atoms with Crippen LogP contribution in [0.2, 0.25) is 0 Å². The summed E-state index contributed by atoms with van der Waals surface area (Å²) in [6.07, 6.45) is 3.49. The molecule has 1 aliphatic heterocycles. The molecule has 6 nitrogen and oxygen atoms in total. The van der Waals surface area contributed by atoms with Gasteiger partial charge in [-0.15, -0.1) is 11.3 Å². The molecule has 0 bridgehead atoms. The van der Waals surface area contributed by atoms with E-state index < -0.39 is 0 Å². The lowest BCUT2D eigenvalue weighted by molar-refractivity contribution is -0.126. The second-order valence-corrected chi connectivity index (χ2v) is 8.17. The Kier molecular flexibility index (Phi) is 5.40. The van der Waals surface area contributed by atoms with Gasteiger partial charge in [0.25, 0.3) is 0 Å². The minimum atomic E-state index is -0.369. The molecule has 0 spiro atoms. The molecule has 0 aliphatic carbocycles. The molecule has 3 heterocycles. The lowest BCUT2D eigenvalue weighted by atomic mass is 10.1. The van der Waals surface area contributed by atoms with Crippen LogP contribution in [0.5, 0.6) is 0 Å². The fraction of sp³-hybridized carbons (Fsp3) is 0.273. The van der Waals surface area contributed by atoms with Crippen LogP contribution in [0.3, 0.4) is 0 Å². The molecule has 1 aromatic carbocycles. The molecular weight excluding hydrogens is 384 g/mol. The van der Waals surface area contributed by atoms with Gasteiger partial charge in [-0.25, -0.2) is 0 Å². The summed E-state index contributed by atoms with van der Waals surface area (Å²) in [5.74, 6) is -0.523. The molecule has 1 N–H and O–H groups in total. The molecule has 0 unspecified atom stereocenters. The van der Waals surface area contributed by atoms with Crippen LogP contribution in [0.25, 0.3) is 10.6 Å². The zero-order valence-corrected chi connectivity index (χ0v) is 17.2. The average Bonchev–Trinajstić information content (AvgIpc) is 3.38. The summed E-state index contributed by atoms with van der Waals surface area (Å²) in [6, 6.07) is 9.89. The number of aromatic nitrogens is 2. The number of nitrogens with one attached hydrogen (secondary N) is 1.